The Morgan fingerprint density at radius 3 is 2.68 bits per heavy atom. The molecule has 0 radical (unpaired) electrons. The normalized spacial score (nSPS) is 12.6. The smallest absolute Gasteiger partial charge is 0.0492 e. The first kappa shape index (κ1) is 13.8. The molecular formula is C16H23N3. The molecular weight excluding hydrogens is 234 g/mol. The molecule has 0 aliphatic rings. The molecule has 3 heteroatoms. The van der Waals surface area contributed by atoms with Crippen molar-refractivity contribution in [1.82, 2.24) is 9.78 Å². The van der Waals surface area contributed by atoms with Crippen LogP contribution in [0, 0.1) is 12.8 Å². The number of nitrogens with two attached hydrogens (primary N) is 1. The maximum Gasteiger partial charge on any atom is 0.0492 e. The maximum atomic E-state index is 5.93. The molecule has 19 heavy (non-hydrogen) atoms. The lowest BCUT2D eigenvalue weighted by Crippen LogP contribution is -2.18. The third-order valence-electron chi connectivity index (χ3n) is 3.83. The van der Waals surface area contributed by atoms with E-state index in [9.17, 15) is 0 Å². The third-order valence-corrected chi connectivity index (χ3v) is 3.83. The molecule has 1 aromatic heterocycles. The van der Waals surface area contributed by atoms with Crippen LogP contribution in [0.15, 0.2) is 36.5 Å². The molecule has 0 saturated carbocycles. The number of aryl methyl sites for hydroxylation is 3. The van der Waals surface area contributed by atoms with Gasteiger partial charge in [0.05, 0.1) is 0 Å². The Kier molecular flexibility index (Phi) is 4.74. The number of rotatable bonds is 6. The zero-order valence-electron chi connectivity index (χ0n) is 11.8. The molecule has 2 N–H and O–H groups in total. The average Bonchev–Trinajstić information content (AvgIpc) is 2.82. The summed E-state index contributed by atoms with van der Waals surface area (Å²) in [6.07, 6.45) is 5.09. The van der Waals surface area contributed by atoms with Gasteiger partial charge >= 0.3 is 0 Å². The Morgan fingerprint density at radius 2 is 2.05 bits per heavy atom. The zero-order valence-corrected chi connectivity index (χ0v) is 11.8. The molecule has 0 fully saturated rings. The summed E-state index contributed by atoms with van der Waals surface area (Å²) in [7, 11) is 1.99. The van der Waals surface area contributed by atoms with Gasteiger partial charge in [-0.3, -0.25) is 4.68 Å². The van der Waals surface area contributed by atoms with Gasteiger partial charge < -0.3 is 5.73 Å². The summed E-state index contributed by atoms with van der Waals surface area (Å²) in [5, 5.41) is 4.20. The van der Waals surface area contributed by atoms with E-state index < -0.39 is 0 Å². The molecule has 3 nitrogen and oxygen atoms in total. The summed E-state index contributed by atoms with van der Waals surface area (Å²) in [4.78, 5) is 0. The lowest BCUT2D eigenvalue weighted by Gasteiger charge is -2.16. The van der Waals surface area contributed by atoms with E-state index >= 15 is 0 Å². The first-order valence-electron chi connectivity index (χ1n) is 6.92. The maximum absolute atomic E-state index is 5.93. The van der Waals surface area contributed by atoms with Crippen molar-refractivity contribution < 1.29 is 0 Å². The van der Waals surface area contributed by atoms with Crippen LogP contribution in [0.4, 0.5) is 0 Å². The fraction of sp³-hybridized carbons (Fsp3) is 0.438. The van der Waals surface area contributed by atoms with Crippen LogP contribution in [0.5, 0.6) is 0 Å². The minimum absolute atomic E-state index is 0.538. The van der Waals surface area contributed by atoms with Crippen LogP contribution in [0.25, 0.3) is 0 Å². The fourth-order valence-electron chi connectivity index (χ4n) is 2.45. The Balaban J connectivity index is 1.94. The third kappa shape index (κ3) is 3.67. The van der Waals surface area contributed by atoms with Crippen LogP contribution >= 0.6 is 0 Å². The van der Waals surface area contributed by atoms with Crippen molar-refractivity contribution in [3.05, 3.63) is 53.3 Å². The highest BCUT2D eigenvalue weighted by molar-refractivity contribution is 5.26. The molecule has 1 unspecified atom stereocenters. The highest BCUT2D eigenvalue weighted by Crippen LogP contribution is 2.17. The molecule has 0 bridgehead atoms. The highest BCUT2D eigenvalue weighted by atomic mass is 15.2. The van der Waals surface area contributed by atoms with Gasteiger partial charge in [-0.25, -0.2) is 0 Å². The van der Waals surface area contributed by atoms with Crippen molar-refractivity contribution in [2.45, 2.75) is 26.2 Å². The number of nitrogens with zero attached hydrogens (tertiary/aromatic N) is 2. The second-order valence-corrected chi connectivity index (χ2v) is 5.22. The monoisotopic (exact) mass is 257 g/mol. The van der Waals surface area contributed by atoms with Gasteiger partial charge in [0.25, 0.3) is 0 Å². The number of hydrogen-bond acceptors (Lipinski definition) is 2. The summed E-state index contributed by atoms with van der Waals surface area (Å²) in [6.45, 7) is 2.91. The Hall–Kier alpha value is -1.61. The van der Waals surface area contributed by atoms with E-state index in [2.05, 4.69) is 42.4 Å². The number of hydrogen-bond donors (Lipinski definition) is 1. The predicted octanol–water partition coefficient (Wildman–Crippen LogP) is 2.48. The second kappa shape index (κ2) is 6.53. The summed E-state index contributed by atoms with van der Waals surface area (Å²) in [5.41, 5.74) is 9.99. The van der Waals surface area contributed by atoms with Gasteiger partial charge in [0.15, 0.2) is 0 Å². The van der Waals surface area contributed by atoms with E-state index in [1.54, 1.807) is 0 Å². The minimum Gasteiger partial charge on any atom is -0.330 e. The van der Waals surface area contributed by atoms with Gasteiger partial charge in [-0.1, -0.05) is 24.3 Å². The lowest BCUT2D eigenvalue weighted by atomic mass is 9.92. The SMILES string of the molecule is Cc1ccccc1CC(CN)CCc1ccnn1C. The van der Waals surface area contributed by atoms with E-state index in [1.165, 1.54) is 16.8 Å². The van der Waals surface area contributed by atoms with Gasteiger partial charge in [0, 0.05) is 18.9 Å². The van der Waals surface area contributed by atoms with Crippen molar-refractivity contribution in [3.63, 3.8) is 0 Å². The Labute approximate surface area is 115 Å². The van der Waals surface area contributed by atoms with Crippen LogP contribution < -0.4 is 5.73 Å². The summed E-state index contributed by atoms with van der Waals surface area (Å²) in [5.74, 6) is 0.538. The number of aromatic nitrogens is 2. The predicted molar refractivity (Wildman–Crippen MR) is 79.0 cm³/mol. The molecule has 0 aliphatic carbocycles. The van der Waals surface area contributed by atoms with Crippen molar-refractivity contribution in [2.75, 3.05) is 6.54 Å². The van der Waals surface area contributed by atoms with Crippen LogP contribution in [0.3, 0.4) is 0 Å². The van der Waals surface area contributed by atoms with E-state index in [1.807, 2.05) is 17.9 Å². The largest absolute Gasteiger partial charge is 0.330 e. The van der Waals surface area contributed by atoms with Crippen LogP contribution in [-0.4, -0.2) is 16.3 Å². The first-order valence-corrected chi connectivity index (χ1v) is 6.92. The van der Waals surface area contributed by atoms with Crippen molar-refractivity contribution >= 4 is 0 Å². The van der Waals surface area contributed by atoms with E-state index in [0.717, 1.165) is 25.8 Å². The van der Waals surface area contributed by atoms with E-state index in [4.69, 9.17) is 5.73 Å². The van der Waals surface area contributed by atoms with Crippen LogP contribution in [0.1, 0.15) is 23.2 Å². The quantitative estimate of drug-likeness (QED) is 0.864. The number of benzene rings is 1. The second-order valence-electron chi connectivity index (χ2n) is 5.22. The van der Waals surface area contributed by atoms with Crippen LogP contribution in [-0.2, 0) is 19.9 Å². The summed E-state index contributed by atoms with van der Waals surface area (Å²) >= 11 is 0. The van der Waals surface area contributed by atoms with Crippen molar-refractivity contribution in [1.29, 1.82) is 0 Å². The average molecular weight is 257 g/mol. The fourth-order valence-corrected chi connectivity index (χ4v) is 2.45. The zero-order chi connectivity index (χ0) is 13.7. The lowest BCUT2D eigenvalue weighted by molar-refractivity contribution is 0.484. The molecule has 0 saturated heterocycles. The van der Waals surface area contributed by atoms with Gasteiger partial charge in [-0.05, 0) is 55.8 Å². The topological polar surface area (TPSA) is 43.8 Å². The molecule has 2 aromatic rings. The highest BCUT2D eigenvalue weighted by Gasteiger charge is 2.10. The summed E-state index contributed by atoms with van der Waals surface area (Å²) < 4.78 is 1.95. The van der Waals surface area contributed by atoms with Crippen molar-refractivity contribution in [2.24, 2.45) is 18.7 Å². The Bertz CT molecular complexity index is 516. The van der Waals surface area contributed by atoms with Gasteiger partial charge in [0.1, 0.15) is 0 Å². The first-order chi connectivity index (χ1) is 9.20. The van der Waals surface area contributed by atoms with Gasteiger partial charge in [-0.2, -0.15) is 5.10 Å². The Morgan fingerprint density at radius 1 is 1.26 bits per heavy atom. The summed E-state index contributed by atoms with van der Waals surface area (Å²) in [6, 6.07) is 10.7. The molecule has 1 heterocycles. The molecule has 102 valence electrons. The molecule has 0 spiro atoms. The van der Waals surface area contributed by atoms with Crippen LogP contribution in [0.2, 0.25) is 0 Å². The molecule has 2 rings (SSSR count). The minimum atomic E-state index is 0.538. The van der Waals surface area contributed by atoms with Gasteiger partial charge in [0.2, 0.25) is 0 Å². The molecule has 0 aliphatic heterocycles. The van der Waals surface area contributed by atoms with Gasteiger partial charge in [-0.15, -0.1) is 0 Å². The molecule has 1 aromatic carbocycles. The molecule has 0 amide bonds. The van der Waals surface area contributed by atoms with E-state index in [-0.39, 0.29) is 0 Å². The van der Waals surface area contributed by atoms with E-state index in [0.29, 0.717) is 5.92 Å². The van der Waals surface area contributed by atoms with Crippen molar-refractivity contribution in [3.8, 4) is 0 Å². The standard InChI is InChI=1S/C16H23N3/c1-13-5-3-4-6-15(13)11-14(12-17)7-8-16-9-10-18-19(16)2/h3-6,9-10,14H,7-8,11-12,17H2,1-2H3. The molecule has 1 atom stereocenters.